The fourth-order valence-electron chi connectivity index (χ4n) is 3.85. The molecular weight excluding hydrogens is 364 g/mol. The maximum atomic E-state index is 13.0. The highest BCUT2D eigenvalue weighted by Crippen LogP contribution is 2.37. The van der Waals surface area contributed by atoms with Crippen LogP contribution in [-0.4, -0.2) is 28.7 Å². The molecule has 1 fully saturated rings. The topological polar surface area (TPSA) is 66.5 Å². The van der Waals surface area contributed by atoms with Crippen LogP contribution in [0.4, 0.5) is 5.69 Å². The van der Waals surface area contributed by atoms with Crippen LogP contribution in [-0.2, 0) is 14.4 Å². The van der Waals surface area contributed by atoms with Crippen molar-refractivity contribution >= 4 is 35.0 Å². The Bertz CT molecular complexity index is 777. The molecule has 1 aromatic rings. The molecule has 1 aliphatic carbocycles. The number of carbonyl (C=O) groups is 3. The van der Waals surface area contributed by atoms with E-state index in [1.54, 1.807) is 12.1 Å². The summed E-state index contributed by atoms with van der Waals surface area (Å²) in [5.41, 5.74) is 1.47. The van der Waals surface area contributed by atoms with E-state index in [9.17, 15) is 14.4 Å². The van der Waals surface area contributed by atoms with E-state index >= 15 is 0 Å². The van der Waals surface area contributed by atoms with Crippen LogP contribution in [0, 0.1) is 24.7 Å². The number of rotatable bonds is 5. The number of nitrogens with one attached hydrogen (secondary N) is 1. The molecular formula is C21H25ClN2O3. The van der Waals surface area contributed by atoms with Crippen molar-refractivity contribution < 1.29 is 14.4 Å². The molecule has 3 rings (SSSR count). The second-order valence-corrected chi connectivity index (χ2v) is 8.23. The number of benzene rings is 1. The van der Waals surface area contributed by atoms with E-state index < -0.39 is 6.04 Å². The predicted molar refractivity (Wildman–Crippen MR) is 105 cm³/mol. The third-order valence-electron chi connectivity index (χ3n) is 5.23. The first-order valence-corrected chi connectivity index (χ1v) is 9.76. The number of nitrogens with zero attached hydrogens (tertiary/aromatic N) is 1. The summed E-state index contributed by atoms with van der Waals surface area (Å²) in [5.74, 6) is -1.37. The lowest BCUT2D eigenvalue weighted by atomic mass is 9.85. The Balaban J connectivity index is 1.86. The maximum absolute atomic E-state index is 13.0. The summed E-state index contributed by atoms with van der Waals surface area (Å²) < 4.78 is 0. The summed E-state index contributed by atoms with van der Waals surface area (Å²) in [6.07, 6.45) is 5.43. The van der Waals surface area contributed by atoms with Crippen molar-refractivity contribution in [2.24, 2.45) is 17.8 Å². The highest BCUT2D eigenvalue weighted by molar-refractivity contribution is 6.33. The first kappa shape index (κ1) is 19.6. The van der Waals surface area contributed by atoms with Crippen molar-refractivity contribution in [1.29, 1.82) is 0 Å². The highest BCUT2D eigenvalue weighted by Gasteiger charge is 2.51. The third kappa shape index (κ3) is 3.93. The standard InChI is InChI=1S/C21H25ClN2O3/c1-12(2)10-18(19(25)23-17-9-8-13(3)11-16(17)22)24-20(26)14-6-4-5-7-15(14)21(24)27/h4-5,8-9,11-12,14-15,18H,6-7,10H2,1-3H3,(H,23,25). The number of hydrogen-bond donors (Lipinski definition) is 1. The van der Waals surface area contributed by atoms with Crippen LogP contribution < -0.4 is 5.32 Å². The number of allylic oxidation sites excluding steroid dienone is 2. The van der Waals surface area contributed by atoms with Gasteiger partial charge in [0.15, 0.2) is 0 Å². The molecule has 3 amide bonds. The van der Waals surface area contributed by atoms with Gasteiger partial charge >= 0.3 is 0 Å². The van der Waals surface area contributed by atoms with Gasteiger partial charge in [-0.05, 0) is 49.8 Å². The van der Waals surface area contributed by atoms with Gasteiger partial charge in [-0.15, -0.1) is 0 Å². The molecule has 1 aliphatic heterocycles. The molecule has 0 bridgehead atoms. The van der Waals surface area contributed by atoms with Crippen LogP contribution in [0.25, 0.3) is 0 Å². The Morgan fingerprint density at radius 2 is 1.78 bits per heavy atom. The number of aryl methyl sites for hydroxylation is 1. The van der Waals surface area contributed by atoms with Crippen LogP contribution in [0.15, 0.2) is 30.4 Å². The summed E-state index contributed by atoms with van der Waals surface area (Å²) >= 11 is 6.23. The van der Waals surface area contributed by atoms with Crippen LogP contribution in [0.1, 0.15) is 38.7 Å². The molecule has 1 N–H and O–H groups in total. The quantitative estimate of drug-likeness (QED) is 0.613. The first-order chi connectivity index (χ1) is 12.8. The smallest absolute Gasteiger partial charge is 0.247 e. The maximum Gasteiger partial charge on any atom is 0.247 e. The van der Waals surface area contributed by atoms with Gasteiger partial charge in [-0.25, -0.2) is 0 Å². The van der Waals surface area contributed by atoms with Crippen molar-refractivity contribution in [3.63, 3.8) is 0 Å². The van der Waals surface area contributed by atoms with Gasteiger partial charge in [0.25, 0.3) is 0 Å². The number of fused-ring (bicyclic) bond motifs is 1. The normalized spacial score (nSPS) is 22.9. The Hall–Kier alpha value is -2.14. The number of halogens is 1. The summed E-state index contributed by atoms with van der Waals surface area (Å²) in [6, 6.07) is 4.53. The second kappa shape index (κ2) is 7.85. The van der Waals surface area contributed by atoms with Crippen LogP contribution in [0.3, 0.4) is 0 Å². The molecule has 0 radical (unpaired) electrons. The molecule has 3 atom stereocenters. The summed E-state index contributed by atoms with van der Waals surface area (Å²) in [4.78, 5) is 40.1. The minimum Gasteiger partial charge on any atom is -0.323 e. The van der Waals surface area contributed by atoms with Crippen LogP contribution >= 0.6 is 11.6 Å². The molecule has 1 aromatic carbocycles. The summed E-state index contributed by atoms with van der Waals surface area (Å²) in [7, 11) is 0. The summed E-state index contributed by atoms with van der Waals surface area (Å²) in [6.45, 7) is 5.86. The lowest BCUT2D eigenvalue weighted by Gasteiger charge is -2.27. The molecule has 144 valence electrons. The number of amides is 3. The molecule has 1 heterocycles. The van der Waals surface area contributed by atoms with Gasteiger partial charge in [-0.1, -0.05) is 43.7 Å². The zero-order valence-corrected chi connectivity index (χ0v) is 16.6. The fraction of sp³-hybridized carbons (Fsp3) is 0.476. The minimum atomic E-state index is -0.826. The molecule has 3 unspecified atom stereocenters. The lowest BCUT2D eigenvalue weighted by molar-refractivity contribution is -0.147. The average Bonchev–Trinajstić information content (AvgIpc) is 2.86. The Morgan fingerprint density at radius 3 is 2.30 bits per heavy atom. The van der Waals surface area contributed by atoms with Gasteiger partial charge in [0.05, 0.1) is 22.5 Å². The number of hydrogen-bond acceptors (Lipinski definition) is 3. The fourth-order valence-corrected chi connectivity index (χ4v) is 4.13. The van der Waals surface area contributed by atoms with E-state index in [-0.39, 0.29) is 35.5 Å². The lowest BCUT2D eigenvalue weighted by Crippen LogP contribution is -2.48. The largest absolute Gasteiger partial charge is 0.323 e. The molecule has 0 aromatic heterocycles. The van der Waals surface area contributed by atoms with E-state index in [4.69, 9.17) is 11.6 Å². The Kier molecular flexibility index (Phi) is 5.70. The monoisotopic (exact) mass is 388 g/mol. The van der Waals surface area contributed by atoms with Crippen LogP contribution in [0.2, 0.25) is 5.02 Å². The van der Waals surface area contributed by atoms with Crippen molar-refractivity contribution in [3.8, 4) is 0 Å². The van der Waals surface area contributed by atoms with E-state index in [1.807, 2.05) is 39.0 Å². The Morgan fingerprint density at radius 1 is 1.19 bits per heavy atom. The number of imide groups is 1. The molecule has 27 heavy (non-hydrogen) atoms. The van der Waals surface area contributed by atoms with Crippen molar-refractivity contribution in [3.05, 3.63) is 40.9 Å². The second-order valence-electron chi connectivity index (χ2n) is 7.82. The van der Waals surface area contributed by atoms with Gasteiger partial charge in [0.2, 0.25) is 17.7 Å². The van der Waals surface area contributed by atoms with E-state index in [0.717, 1.165) is 5.56 Å². The number of carbonyl (C=O) groups excluding carboxylic acids is 3. The first-order valence-electron chi connectivity index (χ1n) is 9.38. The van der Waals surface area contributed by atoms with E-state index in [0.29, 0.717) is 30.0 Å². The number of likely N-dealkylation sites (tertiary alicyclic amines) is 1. The van der Waals surface area contributed by atoms with Gasteiger partial charge in [-0.2, -0.15) is 0 Å². The molecule has 5 nitrogen and oxygen atoms in total. The zero-order valence-electron chi connectivity index (χ0n) is 15.9. The predicted octanol–water partition coefficient (Wildman–Crippen LogP) is 3.95. The minimum absolute atomic E-state index is 0.149. The van der Waals surface area contributed by atoms with Gasteiger partial charge < -0.3 is 5.32 Å². The number of anilines is 1. The van der Waals surface area contributed by atoms with Crippen LogP contribution in [0.5, 0.6) is 0 Å². The van der Waals surface area contributed by atoms with Gasteiger partial charge in [-0.3, -0.25) is 19.3 Å². The molecule has 1 saturated heterocycles. The van der Waals surface area contributed by atoms with Gasteiger partial charge in [0, 0.05) is 0 Å². The Labute approximate surface area is 164 Å². The zero-order chi connectivity index (χ0) is 19.7. The SMILES string of the molecule is Cc1ccc(NC(=O)C(CC(C)C)N2C(=O)C3CC=CCC3C2=O)c(Cl)c1. The van der Waals surface area contributed by atoms with E-state index in [1.165, 1.54) is 4.90 Å². The highest BCUT2D eigenvalue weighted by atomic mass is 35.5. The molecule has 2 aliphatic rings. The molecule has 0 spiro atoms. The molecule has 6 heteroatoms. The van der Waals surface area contributed by atoms with Crippen molar-refractivity contribution in [2.45, 2.75) is 46.1 Å². The van der Waals surface area contributed by atoms with Crippen molar-refractivity contribution in [2.75, 3.05) is 5.32 Å². The summed E-state index contributed by atoms with van der Waals surface area (Å²) in [5, 5.41) is 3.24. The van der Waals surface area contributed by atoms with Crippen molar-refractivity contribution in [1.82, 2.24) is 4.90 Å². The third-order valence-corrected chi connectivity index (χ3v) is 5.55. The average molecular weight is 389 g/mol. The van der Waals surface area contributed by atoms with Gasteiger partial charge in [0.1, 0.15) is 6.04 Å². The molecule has 0 saturated carbocycles. The van der Waals surface area contributed by atoms with E-state index in [2.05, 4.69) is 5.32 Å².